The first-order valence-corrected chi connectivity index (χ1v) is 0.775. The molecule has 0 aliphatic carbocycles. The monoisotopic (exact) mass is 425 g/mol. The molecule has 0 saturated heterocycles. The first-order chi connectivity index (χ1) is 1.73. The van der Waals surface area contributed by atoms with Crippen LogP contribution in [0.25, 0.3) is 0 Å². The van der Waals surface area contributed by atoms with Crippen molar-refractivity contribution in [3.63, 3.8) is 0 Å². The van der Waals surface area contributed by atoms with Gasteiger partial charge in [0.2, 0.25) is 0 Å². The summed E-state index contributed by atoms with van der Waals surface area (Å²) >= 11 is 0. The summed E-state index contributed by atoms with van der Waals surface area (Å²) in [5.74, 6) is 0. The molecular formula is H8BCaCeLaNaO4. The van der Waals surface area contributed by atoms with Crippen molar-refractivity contribution in [2.45, 2.75) is 0 Å². The van der Waals surface area contributed by atoms with Crippen LogP contribution >= 0.6 is 0 Å². The second-order valence-electron chi connectivity index (χ2n) is 0.346. The van der Waals surface area contributed by atoms with Gasteiger partial charge in [-0.15, -0.1) is 0 Å². The molecule has 0 spiro atoms. The Hall–Kier alpha value is 4.74. The Morgan fingerprint density at radius 3 is 1.11 bits per heavy atom. The minimum atomic E-state index is -2.17. The van der Waals surface area contributed by atoms with Gasteiger partial charge in [-0.05, 0) is 0 Å². The third-order valence-corrected chi connectivity index (χ3v) is 0. The third kappa shape index (κ3) is 65.4. The normalized spacial score (nSPS) is 3.00. The molecule has 5 N–H and O–H groups in total. The molecule has 9 heavy (non-hydrogen) atoms. The Morgan fingerprint density at radius 2 is 1.11 bits per heavy atom. The first-order valence-electron chi connectivity index (χ1n) is 0.775. The van der Waals surface area contributed by atoms with Crippen molar-refractivity contribution in [3.05, 3.63) is 0 Å². The van der Waals surface area contributed by atoms with Crippen LogP contribution in [0.15, 0.2) is 0 Å². The van der Waals surface area contributed by atoms with E-state index in [1.807, 2.05) is 0 Å². The Labute approximate surface area is 172 Å². The largest absolute Gasteiger partial charge is 2.00 e. The summed E-state index contributed by atoms with van der Waals surface area (Å²) in [6, 6.07) is 0. The third-order valence-electron chi connectivity index (χ3n) is 0. The molecule has 0 fully saturated rings. The summed E-state index contributed by atoms with van der Waals surface area (Å²) in [6.07, 6.45) is 0. The fourth-order valence-electron chi connectivity index (χ4n) is 0. The van der Waals surface area contributed by atoms with Gasteiger partial charge < -0.3 is 24.8 Å². The van der Waals surface area contributed by atoms with Crippen molar-refractivity contribution in [2.75, 3.05) is 0 Å². The zero-order valence-corrected chi connectivity index (χ0v) is 16.2. The van der Waals surface area contributed by atoms with E-state index in [1.54, 1.807) is 0 Å². The number of rotatable bonds is 0. The SMILES string of the molecule is O.OB(O)O.[Ca+2].[Ce].[H-].[H-].[H-].[La].[Na+]. The van der Waals surface area contributed by atoms with E-state index in [0.717, 1.165) is 0 Å². The standard InChI is InChI=1S/BH3O3.Ca.Ce.La.Na.H2O.3H/c2-1(3)4;;;;;;;;/h2-4H;;;;;1H2;;;/q;+2;;;+1;;3*-1. The van der Waals surface area contributed by atoms with Crippen LogP contribution in [0.3, 0.4) is 0 Å². The van der Waals surface area contributed by atoms with Crippen molar-refractivity contribution >= 4 is 45.1 Å². The van der Waals surface area contributed by atoms with Gasteiger partial charge >= 0.3 is 74.6 Å². The van der Waals surface area contributed by atoms with Crippen LogP contribution in [0.4, 0.5) is 0 Å². The molecule has 0 heterocycles. The van der Waals surface area contributed by atoms with Gasteiger partial charge in [0.1, 0.15) is 0 Å². The summed E-state index contributed by atoms with van der Waals surface area (Å²) in [5, 5.41) is 21.5. The van der Waals surface area contributed by atoms with Gasteiger partial charge in [-0.2, -0.15) is 0 Å². The van der Waals surface area contributed by atoms with Crippen LogP contribution in [-0.4, -0.2) is 65.6 Å². The second-order valence-corrected chi connectivity index (χ2v) is 0.346. The van der Waals surface area contributed by atoms with Crippen molar-refractivity contribution in [2.24, 2.45) is 0 Å². The fourth-order valence-corrected chi connectivity index (χ4v) is 0. The average Bonchev–Trinajstić information content (AvgIpc) is 0.811. The van der Waals surface area contributed by atoms with E-state index < -0.39 is 7.32 Å². The van der Waals surface area contributed by atoms with E-state index in [9.17, 15) is 0 Å². The van der Waals surface area contributed by atoms with Crippen molar-refractivity contribution in [1.82, 2.24) is 0 Å². The van der Waals surface area contributed by atoms with Gasteiger partial charge in [0.05, 0.1) is 0 Å². The van der Waals surface area contributed by atoms with Crippen LogP contribution < -0.4 is 29.6 Å². The molecule has 0 unspecified atom stereocenters. The van der Waals surface area contributed by atoms with Crippen LogP contribution in [0, 0.1) is 77.3 Å². The molecule has 0 aliphatic heterocycles. The average molecular weight is 425 g/mol. The molecule has 4 nitrogen and oxygen atoms in total. The van der Waals surface area contributed by atoms with E-state index in [1.165, 1.54) is 0 Å². The van der Waals surface area contributed by atoms with Crippen molar-refractivity contribution in [1.29, 1.82) is 0 Å². The number of hydrogen-bond donors (Lipinski definition) is 3. The summed E-state index contributed by atoms with van der Waals surface area (Å²) in [7, 11) is -2.17. The molecule has 0 bridgehead atoms. The zero-order valence-electron chi connectivity index (χ0n) is 8.20. The Balaban J connectivity index is -0.00000000161. The van der Waals surface area contributed by atoms with E-state index in [-0.39, 0.29) is 154 Å². The Morgan fingerprint density at radius 1 is 1.11 bits per heavy atom. The molecule has 0 aliphatic rings. The van der Waals surface area contributed by atoms with Crippen molar-refractivity contribution in [3.8, 4) is 0 Å². The van der Waals surface area contributed by atoms with E-state index in [4.69, 9.17) is 15.1 Å². The molecule has 0 rings (SSSR count). The van der Waals surface area contributed by atoms with Gasteiger partial charge in [-0.25, -0.2) is 0 Å². The van der Waals surface area contributed by atoms with E-state index >= 15 is 0 Å². The maximum absolute atomic E-state index is 7.17. The van der Waals surface area contributed by atoms with E-state index in [0.29, 0.717) is 0 Å². The zero-order chi connectivity index (χ0) is 3.58. The second kappa shape index (κ2) is 29.3. The van der Waals surface area contributed by atoms with Gasteiger partial charge in [0.25, 0.3) is 0 Å². The summed E-state index contributed by atoms with van der Waals surface area (Å²) in [4.78, 5) is 0. The predicted molar refractivity (Wildman–Crippen MR) is 25.1 cm³/mol. The molecular weight excluding hydrogens is 417 g/mol. The van der Waals surface area contributed by atoms with Crippen LogP contribution in [0.2, 0.25) is 0 Å². The van der Waals surface area contributed by atoms with Crippen molar-refractivity contribution < 1.29 is 132 Å². The molecule has 0 aromatic heterocycles. The fraction of sp³-hybridized carbons (Fsp3) is 0. The van der Waals surface area contributed by atoms with Gasteiger partial charge in [0.15, 0.2) is 0 Å². The smallest absolute Gasteiger partial charge is 1.00 e. The quantitative estimate of drug-likeness (QED) is 0.338. The summed E-state index contributed by atoms with van der Waals surface area (Å²) in [5.41, 5.74) is 0. The molecule has 1 radical (unpaired) electrons. The molecule has 0 amide bonds. The maximum Gasteiger partial charge on any atom is 2.00 e. The molecule has 45 valence electrons. The summed E-state index contributed by atoms with van der Waals surface area (Å²) < 4.78 is 0. The maximum atomic E-state index is 7.17. The topological polar surface area (TPSA) is 92.2 Å². The van der Waals surface area contributed by atoms with Gasteiger partial charge in [-0.1, -0.05) is 0 Å². The number of hydrogen-bond acceptors (Lipinski definition) is 3. The van der Waals surface area contributed by atoms with E-state index in [2.05, 4.69) is 0 Å². The Bertz CT molecular complexity index is 35.0. The first kappa shape index (κ1) is 37.2. The van der Waals surface area contributed by atoms with Crippen LogP contribution in [-0.2, 0) is 0 Å². The van der Waals surface area contributed by atoms with Crippen LogP contribution in [0.5, 0.6) is 0 Å². The molecule has 0 aromatic carbocycles. The molecule has 0 saturated carbocycles. The minimum absolute atomic E-state index is 0. The molecule has 0 aromatic rings. The Kier molecular flexibility index (Phi) is 121. The van der Waals surface area contributed by atoms with Gasteiger partial charge in [0, 0.05) is 77.3 Å². The summed E-state index contributed by atoms with van der Waals surface area (Å²) in [6.45, 7) is 0. The van der Waals surface area contributed by atoms with Crippen LogP contribution in [0.1, 0.15) is 4.28 Å². The minimum Gasteiger partial charge on any atom is -1.00 e. The van der Waals surface area contributed by atoms with Gasteiger partial charge in [-0.3, -0.25) is 0 Å². The molecule has 0 atom stereocenters. The predicted octanol–water partition coefficient (Wildman–Crippen LogP) is -5.92. The molecule has 9 heteroatoms.